The van der Waals surface area contributed by atoms with E-state index in [0.29, 0.717) is 12.6 Å². The van der Waals surface area contributed by atoms with Crippen molar-refractivity contribution >= 4 is 5.69 Å². The van der Waals surface area contributed by atoms with E-state index in [1.165, 1.54) is 12.8 Å². The zero-order valence-corrected chi connectivity index (χ0v) is 8.19. The van der Waals surface area contributed by atoms with Crippen molar-refractivity contribution < 1.29 is 13.2 Å². The summed E-state index contributed by atoms with van der Waals surface area (Å²) in [5.41, 5.74) is 0.0366. The molecule has 1 aromatic carbocycles. The Morgan fingerprint density at radius 3 is 2.40 bits per heavy atom. The number of hydrogen-bond donors (Lipinski definition) is 1. The van der Waals surface area contributed by atoms with E-state index in [2.05, 4.69) is 5.32 Å². The van der Waals surface area contributed by atoms with E-state index in [-0.39, 0.29) is 5.69 Å². The fraction of sp³-hybridized carbons (Fsp3) is 0.455. The molecule has 2 rings (SSSR count). The van der Waals surface area contributed by atoms with Crippen LogP contribution in [0.4, 0.5) is 18.9 Å². The molecule has 0 unspecified atom stereocenters. The molecule has 82 valence electrons. The quantitative estimate of drug-likeness (QED) is 0.760. The Morgan fingerprint density at radius 2 is 1.73 bits per heavy atom. The number of halogens is 3. The molecule has 0 heterocycles. The van der Waals surface area contributed by atoms with Crippen LogP contribution in [0.15, 0.2) is 12.1 Å². The molecule has 1 fully saturated rings. The van der Waals surface area contributed by atoms with Crippen LogP contribution < -0.4 is 5.32 Å². The van der Waals surface area contributed by atoms with Crippen LogP contribution in [0.1, 0.15) is 19.3 Å². The van der Waals surface area contributed by atoms with Crippen molar-refractivity contribution in [2.75, 3.05) is 11.9 Å². The van der Waals surface area contributed by atoms with E-state index in [1.807, 2.05) is 0 Å². The van der Waals surface area contributed by atoms with Crippen molar-refractivity contribution in [3.8, 4) is 0 Å². The first-order chi connectivity index (χ1) is 7.16. The lowest BCUT2D eigenvalue weighted by molar-refractivity contribution is 0.496. The second-order valence-corrected chi connectivity index (χ2v) is 3.90. The minimum absolute atomic E-state index is 0.0366. The number of anilines is 1. The lowest BCUT2D eigenvalue weighted by Gasteiger charge is -2.07. The first kappa shape index (κ1) is 10.3. The molecule has 0 spiro atoms. The Hall–Kier alpha value is -1.19. The first-order valence-corrected chi connectivity index (χ1v) is 5.05. The van der Waals surface area contributed by atoms with Gasteiger partial charge in [-0.3, -0.25) is 0 Å². The fourth-order valence-corrected chi connectivity index (χ4v) is 1.48. The number of hydrogen-bond acceptors (Lipinski definition) is 1. The second-order valence-electron chi connectivity index (χ2n) is 3.90. The Balaban J connectivity index is 1.96. The maximum Gasteiger partial charge on any atom is 0.161 e. The van der Waals surface area contributed by atoms with E-state index in [1.54, 1.807) is 0 Å². The molecule has 0 aliphatic heterocycles. The van der Waals surface area contributed by atoms with Gasteiger partial charge in [0.25, 0.3) is 0 Å². The summed E-state index contributed by atoms with van der Waals surface area (Å²) < 4.78 is 38.5. The van der Waals surface area contributed by atoms with Gasteiger partial charge in [-0.25, -0.2) is 13.2 Å². The number of nitrogens with one attached hydrogen (secondary N) is 1. The van der Waals surface area contributed by atoms with Gasteiger partial charge in [0.05, 0.1) is 5.69 Å². The van der Waals surface area contributed by atoms with Crippen molar-refractivity contribution in [1.82, 2.24) is 0 Å². The van der Waals surface area contributed by atoms with Crippen LogP contribution >= 0.6 is 0 Å². The third kappa shape index (κ3) is 2.64. The fourth-order valence-electron chi connectivity index (χ4n) is 1.48. The predicted octanol–water partition coefficient (Wildman–Crippen LogP) is 3.32. The molecule has 0 saturated heterocycles. The van der Waals surface area contributed by atoms with Gasteiger partial charge in [0.15, 0.2) is 11.6 Å². The van der Waals surface area contributed by atoms with Gasteiger partial charge in [-0.15, -0.1) is 0 Å². The Kier molecular flexibility index (Phi) is 2.84. The highest BCUT2D eigenvalue weighted by Gasteiger charge is 2.20. The third-order valence-corrected chi connectivity index (χ3v) is 2.57. The molecule has 15 heavy (non-hydrogen) atoms. The summed E-state index contributed by atoms with van der Waals surface area (Å²) in [5.74, 6) is -2.19. The van der Waals surface area contributed by atoms with Crippen molar-refractivity contribution in [3.63, 3.8) is 0 Å². The molecule has 0 bridgehead atoms. The molecule has 0 aromatic heterocycles. The summed E-state index contributed by atoms with van der Waals surface area (Å²) in [6.07, 6.45) is 3.41. The summed E-state index contributed by atoms with van der Waals surface area (Å²) in [6.45, 7) is 0.604. The highest BCUT2D eigenvalue weighted by molar-refractivity contribution is 5.45. The van der Waals surface area contributed by atoms with Crippen molar-refractivity contribution in [3.05, 3.63) is 29.6 Å². The summed E-state index contributed by atoms with van der Waals surface area (Å²) in [6, 6.07) is 1.42. The summed E-state index contributed by atoms with van der Waals surface area (Å²) in [7, 11) is 0. The highest BCUT2D eigenvalue weighted by atomic mass is 19.2. The standard InChI is InChI=1S/C11H12F3N/c12-8-5-10(14)11(6-9(8)13)15-4-3-7-1-2-7/h5-7,15H,1-4H2. The molecule has 4 heteroatoms. The van der Waals surface area contributed by atoms with Gasteiger partial charge in [0.2, 0.25) is 0 Å². The number of rotatable bonds is 4. The molecule has 0 amide bonds. The zero-order chi connectivity index (χ0) is 10.8. The molecule has 0 radical (unpaired) electrons. The third-order valence-electron chi connectivity index (χ3n) is 2.57. The van der Waals surface area contributed by atoms with Crippen LogP contribution in [0.5, 0.6) is 0 Å². The van der Waals surface area contributed by atoms with Crippen molar-refractivity contribution in [1.29, 1.82) is 0 Å². The maximum absolute atomic E-state index is 13.1. The van der Waals surface area contributed by atoms with Crippen molar-refractivity contribution in [2.24, 2.45) is 5.92 Å². The number of benzene rings is 1. The van der Waals surface area contributed by atoms with Gasteiger partial charge in [0, 0.05) is 18.7 Å². The summed E-state index contributed by atoms with van der Waals surface area (Å²) in [4.78, 5) is 0. The summed E-state index contributed by atoms with van der Waals surface area (Å²) >= 11 is 0. The monoisotopic (exact) mass is 215 g/mol. The molecule has 1 aliphatic carbocycles. The smallest absolute Gasteiger partial charge is 0.161 e. The largest absolute Gasteiger partial charge is 0.383 e. The van der Waals surface area contributed by atoms with E-state index >= 15 is 0 Å². The minimum Gasteiger partial charge on any atom is -0.383 e. The van der Waals surface area contributed by atoms with Gasteiger partial charge >= 0.3 is 0 Å². The average Bonchev–Trinajstić information content (AvgIpc) is 2.97. The lowest BCUT2D eigenvalue weighted by atomic mass is 10.2. The molecular weight excluding hydrogens is 203 g/mol. The van der Waals surface area contributed by atoms with Gasteiger partial charge in [-0.1, -0.05) is 12.8 Å². The summed E-state index contributed by atoms with van der Waals surface area (Å²) in [5, 5.41) is 2.77. The van der Waals surface area contributed by atoms with Crippen LogP contribution in [-0.2, 0) is 0 Å². The molecule has 1 nitrogen and oxygen atoms in total. The van der Waals surface area contributed by atoms with Gasteiger partial charge in [0.1, 0.15) is 5.82 Å². The van der Waals surface area contributed by atoms with E-state index < -0.39 is 17.5 Å². The van der Waals surface area contributed by atoms with Crippen LogP contribution in [0.3, 0.4) is 0 Å². The van der Waals surface area contributed by atoms with E-state index in [0.717, 1.165) is 18.4 Å². The lowest BCUT2D eigenvalue weighted by Crippen LogP contribution is -2.05. The zero-order valence-electron chi connectivity index (χ0n) is 8.19. The predicted molar refractivity (Wildman–Crippen MR) is 52.1 cm³/mol. The molecular formula is C11H12F3N. The van der Waals surface area contributed by atoms with Gasteiger partial charge in [-0.2, -0.15) is 0 Å². The minimum atomic E-state index is -1.15. The first-order valence-electron chi connectivity index (χ1n) is 5.05. The Labute approximate surface area is 86.3 Å². The second kappa shape index (κ2) is 4.13. The molecule has 1 saturated carbocycles. The van der Waals surface area contributed by atoms with Crippen LogP contribution in [0.25, 0.3) is 0 Å². The van der Waals surface area contributed by atoms with Crippen molar-refractivity contribution in [2.45, 2.75) is 19.3 Å². The topological polar surface area (TPSA) is 12.0 Å². The van der Waals surface area contributed by atoms with Gasteiger partial charge in [-0.05, 0) is 12.3 Å². The van der Waals surface area contributed by atoms with E-state index in [4.69, 9.17) is 0 Å². The van der Waals surface area contributed by atoms with Crippen LogP contribution in [0.2, 0.25) is 0 Å². The highest BCUT2D eigenvalue weighted by Crippen LogP contribution is 2.32. The Morgan fingerprint density at radius 1 is 1.07 bits per heavy atom. The molecule has 1 aliphatic rings. The average molecular weight is 215 g/mol. The molecule has 1 aromatic rings. The van der Waals surface area contributed by atoms with Crippen LogP contribution in [-0.4, -0.2) is 6.54 Å². The van der Waals surface area contributed by atoms with E-state index in [9.17, 15) is 13.2 Å². The SMILES string of the molecule is Fc1cc(F)c(NCCC2CC2)cc1F. The van der Waals surface area contributed by atoms with Gasteiger partial charge < -0.3 is 5.32 Å². The molecule has 1 N–H and O–H groups in total. The van der Waals surface area contributed by atoms with Crippen LogP contribution in [0, 0.1) is 23.4 Å². The Bertz CT molecular complexity index is 361. The maximum atomic E-state index is 13.1. The normalized spacial score (nSPS) is 15.4. The molecule has 0 atom stereocenters.